The third kappa shape index (κ3) is 1.53. The van der Waals surface area contributed by atoms with Crippen LogP contribution in [0, 0.1) is 16.7 Å². The van der Waals surface area contributed by atoms with E-state index in [0.29, 0.717) is 6.42 Å². The Labute approximate surface area is 55.5 Å². The van der Waals surface area contributed by atoms with Crippen LogP contribution in [0.4, 0.5) is 0 Å². The van der Waals surface area contributed by atoms with Crippen molar-refractivity contribution in [2.75, 3.05) is 0 Å². The lowest BCUT2D eigenvalue weighted by Gasteiger charge is -2.13. The fraction of sp³-hybridized carbons (Fsp3) is 0.714. The Balaban J connectivity index is 4.33. The van der Waals surface area contributed by atoms with Gasteiger partial charge in [-0.1, -0.05) is 6.92 Å². The molecule has 2 nitrogen and oxygen atoms in total. The van der Waals surface area contributed by atoms with Gasteiger partial charge in [-0.25, -0.2) is 0 Å². The Bertz CT molecular complexity index is 157. The summed E-state index contributed by atoms with van der Waals surface area (Å²) in [5.74, 6) is -0.0486. The second kappa shape index (κ2) is 2.63. The summed E-state index contributed by atoms with van der Waals surface area (Å²) in [6.45, 7) is 4.95. The number of hydrogen-bond donors (Lipinski definition) is 0. The molecule has 0 aliphatic heterocycles. The highest BCUT2D eigenvalue weighted by atomic mass is 16.1. The number of carbonyl (C=O) groups excluding carboxylic acids is 1. The van der Waals surface area contributed by atoms with Crippen LogP contribution in [0.25, 0.3) is 0 Å². The maximum atomic E-state index is 10.7. The maximum Gasteiger partial charge on any atom is 0.149 e. The minimum absolute atomic E-state index is 0.0486. The summed E-state index contributed by atoms with van der Waals surface area (Å²) in [6.07, 6.45) is 0.596. The number of carbonyl (C=O) groups is 1. The third-order valence-corrected chi connectivity index (χ3v) is 1.73. The summed E-state index contributed by atoms with van der Waals surface area (Å²) in [5, 5.41) is 8.48. The summed E-state index contributed by atoms with van der Waals surface area (Å²) in [5.41, 5.74) is -0.750. The molecule has 9 heavy (non-hydrogen) atoms. The zero-order valence-corrected chi connectivity index (χ0v) is 6.06. The van der Waals surface area contributed by atoms with E-state index in [1.165, 1.54) is 6.92 Å². The van der Waals surface area contributed by atoms with Crippen molar-refractivity contribution < 1.29 is 4.79 Å². The second-order valence-corrected chi connectivity index (χ2v) is 2.35. The lowest BCUT2D eigenvalue weighted by atomic mass is 9.86. The number of Topliss-reactive ketones (excluding diaryl/α,β-unsaturated/α-hetero) is 1. The van der Waals surface area contributed by atoms with E-state index in [9.17, 15) is 4.79 Å². The van der Waals surface area contributed by atoms with Gasteiger partial charge < -0.3 is 0 Å². The van der Waals surface area contributed by atoms with Gasteiger partial charge in [-0.05, 0) is 20.3 Å². The molecule has 0 aromatic rings. The van der Waals surface area contributed by atoms with Crippen LogP contribution in [0.1, 0.15) is 27.2 Å². The molecule has 50 valence electrons. The monoisotopic (exact) mass is 125 g/mol. The quantitative estimate of drug-likeness (QED) is 0.561. The van der Waals surface area contributed by atoms with Crippen LogP contribution in [-0.2, 0) is 4.79 Å². The average Bonchev–Trinajstić information content (AvgIpc) is 1.86. The molecule has 0 fully saturated rings. The average molecular weight is 125 g/mol. The summed E-state index contributed by atoms with van der Waals surface area (Å²) in [4.78, 5) is 10.7. The van der Waals surface area contributed by atoms with E-state index in [-0.39, 0.29) is 5.78 Å². The smallest absolute Gasteiger partial charge is 0.149 e. The van der Waals surface area contributed by atoms with E-state index in [0.717, 1.165) is 0 Å². The molecular formula is C7H11NO. The van der Waals surface area contributed by atoms with Gasteiger partial charge in [0.05, 0.1) is 6.07 Å². The fourth-order valence-electron chi connectivity index (χ4n) is 0.407. The van der Waals surface area contributed by atoms with E-state index in [2.05, 4.69) is 0 Å². The van der Waals surface area contributed by atoms with E-state index in [1.807, 2.05) is 13.0 Å². The van der Waals surface area contributed by atoms with Crippen molar-refractivity contribution in [3.05, 3.63) is 0 Å². The van der Waals surface area contributed by atoms with Crippen molar-refractivity contribution in [2.45, 2.75) is 27.2 Å². The Kier molecular flexibility index (Phi) is 2.39. The molecule has 1 atom stereocenters. The zero-order valence-electron chi connectivity index (χ0n) is 6.06. The van der Waals surface area contributed by atoms with E-state index in [1.54, 1.807) is 6.92 Å². The predicted molar refractivity (Wildman–Crippen MR) is 34.7 cm³/mol. The van der Waals surface area contributed by atoms with Crippen LogP contribution < -0.4 is 0 Å². The van der Waals surface area contributed by atoms with Gasteiger partial charge in [0, 0.05) is 0 Å². The second-order valence-electron chi connectivity index (χ2n) is 2.35. The normalized spacial score (nSPS) is 15.8. The molecule has 0 bridgehead atoms. The largest absolute Gasteiger partial charge is 0.298 e. The highest BCUT2D eigenvalue weighted by molar-refractivity contribution is 5.84. The highest BCUT2D eigenvalue weighted by Crippen LogP contribution is 2.19. The van der Waals surface area contributed by atoms with E-state index < -0.39 is 5.41 Å². The number of rotatable bonds is 2. The van der Waals surface area contributed by atoms with Gasteiger partial charge in [-0.15, -0.1) is 0 Å². The number of hydrogen-bond acceptors (Lipinski definition) is 2. The molecule has 0 aromatic heterocycles. The van der Waals surface area contributed by atoms with Crippen LogP contribution in [0.3, 0.4) is 0 Å². The van der Waals surface area contributed by atoms with E-state index in [4.69, 9.17) is 5.26 Å². The van der Waals surface area contributed by atoms with Crippen molar-refractivity contribution in [3.63, 3.8) is 0 Å². The third-order valence-electron chi connectivity index (χ3n) is 1.73. The Hall–Kier alpha value is -0.840. The summed E-state index contributed by atoms with van der Waals surface area (Å²) in [6, 6.07) is 1.98. The molecule has 0 heterocycles. The summed E-state index contributed by atoms with van der Waals surface area (Å²) >= 11 is 0. The molecule has 0 aliphatic rings. The van der Waals surface area contributed by atoms with Gasteiger partial charge in [-0.3, -0.25) is 4.79 Å². The van der Waals surface area contributed by atoms with Crippen molar-refractivity contribution in [1.82, 2.24) is 0 Å². The summed E-state index contributed by atoms with van der Waals surface area (Å²) in [7, 11) is 0. The molecule has 0 aliphatic carbocycles. The molecule has 0 N–H and O–H groups in total. The minimum Gasteiger partial charge on any atom is -0.298 e. The summed E-state index contributed by atoms with van der Waals surface area (Å²) < 4.78 is 0. The first-order chi connectivity index (χ1) is 4.06. The lowest BCUT2D eigenvalue weighted by Crippen LogP contribution is -2.21. The van der Waals surface area contributed by atoms with Gasteiger partial charge in [0.2, 0.25) is 0 Å². The minimum atomic E-state index is -0.750. The SMILES string of the molecule is CCC(C)(C#N)C(C)=O. The molecule has 0 aromatic carbocycles. The maximum absolute atomic E-state index is 10.7. The number of nitriles is 1. The van der Waals surface area contributed by atoms with Gasteiger partial charge in [0.1, 0.15) is 11.2 Å². The van der Waals surface area contributed by atoms with Crippen molar-refractivity contribution >= 4 is 5.78 Å². The standard InChI is InChI=1S/C7H11NO/c1-4-7(3,5-8)6(2)9/h4H2,1-3H3. The molecule has 0 radical (unpaired) electrons. The first-order valence-corrected chi connectivity index (χ1v) is 2.99. The van der Waals surface area contributed by atoms with Gasteiger partial charge in [0.15, 0.2) is 0 Å². The predicted octanol–water partition coefficient (Wildman–Crippen LogP) is 1.52. The lowest BCUT2D eigenvalue weighted by molar-refractivity contribution is -0.123. The number of ketones is 1. The van der Waals surface area contributed by atoms with Gasteiger partial charge in [0.25, 0.3) is 0 Å². The van der Waals surface area contributed by atoms with Crippen LogP contribution in [0.15, 0.2) is 0 Å². The molecule has 0 saturated heterocycles. The first kappa shape index (κ1) is 8.16. The Morgan fingerprint density at radius 3 is 2.22 bits per heavy atom. The molecule has 0 amide bonds. The van der Waals surface area contributed by atoms with Crippen LogP contribution >= 0.6 is 0 Å². The molecule has 2 heteroatoms. The van der Waals surface area contributed by atoms with Crippen LogP contribution in [-0.4, -0.2) is 5.78 Å². The molecule has 0 saturated carbocycles. The van der Waals surface area contributed by atoms with Crippen molar-refractivity contribution in [3.8, 4) is 6.07 Å². The molecule has 0 rings (SSSR count). The molecule has 1 unspecified atom stereocenters. The van der Waals surface area contributed by atoms with Crippen LogP contribution in [0.5, 0.6) is 0 Å². The highest BCUT2D eigenvalue weighted by Gasteiger charge is 2.26. The Morgan fingerprint density at radius 1 is 1.78 bits per heavy atom. The zero-order chi connectivity index (χ0) is 7.49. The van der Waals surface area contributed by atoms with Crippen LogP contribution in [0.2, 0.25) is 0 Å². The van der Waals surface area contributed by atoms with Crippen molar-refractivity contribution in [2.24, 2.45) is 5.41 Å². The molecule has 0 spiro atoms. The van der Waals surface area contributed by atoms with Crippen molar-refractivity contribution in [1.29, 1.82) is 5.26 Å². The fourth-order valence-corrected chi connectivity index (χ4v) is 0.407. The first-order valence-electron chi connectivity index (χ1n) is 2.99. The van der Waals surface area contributed by atoms with Gasteiger partial charge >= 0.3 is 0 Å². The Morgan fingerprint density at radius 2 is 2.22 bits per heavy atom. The van der Waals surface area contributed by atoms with E-state index >= 15 is 0 Å². The molecular weight excluding hydrogens is 114 g/mol. The topological polar surface area (TPSA) is 40.9 Å². The number of nitrogens with zero attached hydrogens (tertiary/aromatic N) is 1. The van der Waals surface area contributed by atoms with Gasteiger partial charge in [-0.2, -0.15) is 5.26 Å².